The maximum Gasteiger partial charge on any atom is 0.226 e. The Bertz CT molecular complexity index is 850. The lowest BCUT2D eigenvalue weighted by molar-refractivity contribution is -0.00511. The fourth-order valence-corrected chi connectivity index (χ4v) is 4.74. The summed E-state index contributed by atoms with van der Waals surface area (Å²) in [4.78, 5) is 14.7. The Morgan fingerprint density at radius 1 is 1.00 bits per heavy atom. The van der Waals surface area contributed by atoms with Crippen molar-refractivity contribution in [1.82, 2.24) is 14.9 Å². The van der Waals surface area contributed by atoms with Crippen molar-refractivity contribution in [3.63, 3.8) is 0 Å². The maximum absolute atomic E-state index is 6.16. The van der Waals surface area contributed by atoms with Gasteiger partial charge in [-0.1, -0.05) is 0 Å². The van der Waals surface area contributed by atoms with Crippen LogP contribution in [0, 0.1) is 6.92 Å². The van der Waals surface area contributed by atoms with Crippen molar-refractivity contribution in [2.24, 2.45) is 0 Å². The molecule has 0 bridgehead atoms. The van der Waals surface area contributed by atoms with Crippen LogP contribution in [0.15, 0.2) is 12.1 Å². The molecule has 3 heterocycles. The number of ether oxygens (including phenoxy) is 2. The summed E-state index contributed by atoms with van der Waals surface area (Å²) in [5.74, 6) is 0.862. The molecule has 3 aliphatic rings. The summed E-state index contributed by atoms with van der Waals surface area (Å²) in [5, 5.41) is 1.21. The van der Waals surface area contributed by atoms with Crippen molar-refractivity contribution in [3.05, 3.63) is 29.0 Å². The van der Waals surface area contributed by atoms with E-state index in [2.05, 4.69) is 28.9 Å². The summed E-state index contributed by atoms with van der Waals surface area (Å²) < 4.78 is 11.6. The van der Waals surface area contributed by atoms with E-state index >= 15 is 0 Å². The van der Waals surface area contributed by atoms with Gasteiger partial charge >= 0.3 is 0 Å². The number of hydrogen-bond donors (Lipinski definition) is 0. The molecule has 1 atom stereocenters. The standard InChI is InChI=1S/C22H30N4O2/c1-16-20-12-17-4-2-5-18(17)13-21(20)24-22(23-16)26-6-3-9-28-19(15-26)14-25-7-10-27-11-8-25/h12-13,19H,2-11,14-15H2,1H3. The number of nitrogens with zero attached hydrogens (tertiary/aromatic N) is 4. The Morgan fingerprint density at radius 3 is 2.68 bits per heavy atom. The number of fused-ring (bicyclic) bond motifs is 2. The van der Waals surface area contributed by atoms with Crippen molar-refractivity contribution < 1.29 is 9.47 Å². The topological polar surface area (TPSA) is 50.7 Å². The quantitative estimate of drug-likeness (QED) is 0.812. The zero-order chi connectivity index (χ0) is 18.9. The second-order valence-electron chi connectivity index (χ2n) is 8.31. The van der Waals surface area contributed by atoms with Crippen LogP contribution < -0.4 is 4.90 Å². The SMILES string of the molecule is Cc1nc(N2CCCOC(CN3CCOCC3)C2)nc2cc3c(cc12)CCC3. The number of hydrogen-bond acceptors (Lipinski definition) is 6. The van der Waals surface area contributed by atoms with Gasteiger partial charge in [-0.2, -0.15) is 0 Å². The van der Waals surface area contributed by atoms with Crippen LogP contribution in [-0.4, -0.2) is 73.5 Å². The Balaban J connectivity index is 1.39. The summed E-state index contributed by atoms with van der Waals surface area (Å²) >= 11 is 0. The van der Waals surface area contributed by atoms with E-state index in [-0.39, 0.29) is 6.10 Å². The van der Waals surface area contributed by atoms with Gasteiger partial charge in [0.05, 0.1) is 30.5 Å². The first-order valence-corrected chi connectivity index (χ1v) is 10.7. The minimum absolute atomic E-state index is 0.195. The largest absolute Gasteiger partial charge is 0.379 e. The molecule has 1 aromatic heterocycles. The lowest BCUT2D eigenvalue weighted by atomic mass is 10.1. The summed E-state index contributed by atoms with van der Waals surface area (Å²) in [6.07, 6.45) is 4.85. The van der Waals surface area contributed by atoms with Crippen molar-refractivity contribution in [2.75, 3.05) is 57.4 Å². The molecule has 6 nitrogen and oxygen atoms in total. The molecule has 28 heavy (non-hydrogen) atoms. The van der Waals surface area contributed by atoms with Gasteiger partial charge in [0.2, 0.25) is 5.95 Å². The molecular weight excluding hydrogens is 352 g/mol. The van der Waals surface area contributed by atoms with Crippen LogP contribution in [0.4, 0.5) is 5.95 Å². The molecule has 2 aromatic rings. The van der Waals surface area contributed by atoms with Crippen LogP contribution in [-0.2, 0) is 22.3 Å². The summed E-state index contributed by atoms with van der Waals surface area (Å²) in [5.41, 5.74) is 5.14. The highest BCUT2D eigenvalue weighted by atomic mass is 16.5. The molecular formula is C22H30N4O2. The number of anilines is 1. The molecule has 2 saturated heterocycles. The molecule has 2 fully saturated rings. The lowest BCUT2D eigenvalue weighted by Crippen LogP contribution is -2.45. The van der Waals surface area contributed by atoms with E-state index in [9.17, 15) is 0 Å². The molecule has 0 radical (unpaired) electrons. The number of rotatable bonds is 3. The van der Waals surface area contributed by atoms with Crippen molar-refractivity contribution in [2.45, 2.75) is 38.7 Å². The second kappa shape index (κ2) is 7.93. The third-order valence-corrected chi connectivity index (χ3v) is 6.29. The molecule has 0 saturated carbocycles. The third-order valence-electron chi connectivity index (χ3n) is 6.29. The molecule has 0 spiro atoms. The van der Waals surface area contributed by atoms with E-state index in [1.165, 1.54) is 35.8 Å². The number of benzene rings is 1. The van der Waals surface area contributed by atoms with Crippen molar-refractivity contribution in [1.29, 1.82) is 0 Å². The van der Waals surface area contributed by atoms with E-state index in [0.717, 1.165) is 76.1 Å². The van der Waals surface area contributed by atoms with Gasteiger partial charge in [-0.3, -0.25) is 4.90 Å². The fourth-order valence-electron chi connectivity index (χ4n) is 4.74. The smallest absolute Gasteiger partial charge is 0.226 e. The monoisotopic (exact) mass is 382 g/mol. The molecule has 0 amide bonds. The Labute approximate surface area is 166 Å². The molecule has 1 aliphatic carbocycles. The summed E-state index contributed by atoms with van der Waals surface area (Å²) in [6.45, 7) is 9.34. The van der Waals surface area contributed by atoms with Crippen LogP contribution in [0.25, 0.3) is 10.9 Å². The Morgan fingerprint density at radius 2 is 1.82 bits per heavy atom. The molecule has 1 aromatic carbocycles. The normalized spacial score (nSPS) is 23.8. The molecule has 5 rings (SSSR count). The van der Waals surface area contributed by atoms with Gasteiger partial charge < -0.3 is 14.4 Å². The minimum atomic E-state index is 0.195. The van der Waals surface area contributed by atoms with Crippen LogP contribution in [0.3, 0.4) is 0 Å². The summed E-state index contributed by atoms with van der Waals surface area (Å²) in [7, 11) is 0. The Hall–Kier alpha value is -1.76. The first-order valence-electron chi connectivity index (χ1n) is 10.7. The van der Waals surface area contributed by atoms with Crippen LogP contribution in [0.1, 0.15) is 29.7 Å². The van der Waals surface area contributed by atoms with Crippen LogP contribution in [0.2, 0.25) is 0 Å². The van der Waals surface area contributed by atoms with Gasteiger partial charge in [-0.15, -0.1) is 0 Å². The van der Waals surface area contributed by atoms with E-state index in [4.69, 9.17) is 19.4 Å². The predicted octanol–water partition coefficient (Wildman–Crippen LogP) is 2.35. The fraction of sp³-hybridized carbons (Fsp3) is 0.636. The highest BCUT2D eigenvalue weighted by molar-refractivity contribution is 5.84. The van der Waals surface area contributed by atoms with Crippen molar-refractivity contribution >= 4 is 16.9 Å². The third kappa shape index (κ3) is 3.73. The van der Waals surface area contributed by atoms with Gasteiger partial charge in [0.1, 0.15) is 0 Å². The zero-order valence-corrected chi connectivity index (χ0v) is 16.8. The number of aromatic nitrogens is 2. The highest BCUT2D eigenvalue weighted by Gasteiger charge is 2.24. The second-order valence-corrected chi connectivity index (χ2v) is 8.31. The zero-order valence-electron chi connectivity index (χ0n) is 16.8. The molecule has 6 heteroatoms. The first kappa shape index (κ1) is 18.3. The molecule has 2 aliphatic heterocycles. The predicted molar refractivity (Wildman–Crippen MR) is 110 cm³/mol. The maximum atomic E-state index is 6.16. The first-order chi connectivity index (χ1) is 13.8. The molecule has 1 unspecified atom stereocenters. The van der Waals surface area contributed by atoms with Gasteiger partial charge in [0.25, 0.3) is 0 Å². The highest BCUT2D eigenvalue weighted by Crippen LogP contribution is 2.29. The molecule has 0 N–H and O–H groups in total. The van der Waals surface area contributed by atoms with Crippen LogP contribution in [0.5, 0.6) is 0 Å². The van der Waals surface area contributed by atoms with Gasteiger partial charge in [0.15, 0.2) is 0 Å². The minimum Gasteiger partial charge on any atom is -0.379 e. The van der Waals surface area contributed by atoms with E-state index < -0.39 is 0 Å². The average molecular weight is 383 g/mol. The van der Waals surface area contributed by atoms with Gasteiger partial charge in [0, 0.05) is 44.7 Å². The van der Waals surface area contributed by atoms with E-state index in [0.29, 0.717) is 0 Å². The van der Waals surface area contributed by atoms with Crippen molar-refractivity contribution in [3.8, 4) is 0 Å². The number of morpholine rings is 1. The average Bonchev–Trinajstić information content (AvgIpc) is 3.04. The Kier molecular flexibility index (Phi) is 5.18. The van der Waals surface area contributed by atoms with E-state index in [1.54, 1.807) is 0 Å². The van der Waals surface area contributed by atoms with Gasteiger partial charge in [-0.25, -0.2) is 9.97 Å². The lowest BCUT2D eigenvalue weighted by Gasteiger charge is -2.31. The number of aryl methyl sites for hydroxylation is 3. The summed E-state index contributed by atoms with van der Waals surface area (Å²) in [6, 6.07) is 4.62. The van der Waals surface area contributed by atoms with Gasteiger partial charge in [-0.05, 0) is 55.9 Å². The van der Waals surface area contributed by atoms with E-state index in [1.807, 2.05) is 0 Å². The van der Waals surface area contributed by atoms with Crippen LogP contribution >= 0.6 is 0 Å². The molecule has 150 valence electrons.